The number of piperazine rings is 1. The molecule has 1 heterocycles. The van der Waals surface area contributed by atoms with Gasteiger partial charge in [0.05, 0.1) is 0 Å². The SMILES string of the molecule is CC(=CC(=O)NCCCN1CCN(C)CC1c1ccccc1)C1CC1. The molecule has 1 aromatic carbocycles. The van der Waals surface area contributed by atoms with Gasteiger partial charge in [0.1, 0.15) is 0 Å². The summed E-state index contributed by atoms with van der Waals surface area (Å²) < 4.78 is 0. The Morgan fingerprint density at radius 1 is 1.24 bits per heavy atom. The molecule has 3 rings (SSSR count). The van der Waals surface area contributed by atoms with Gasteiger partial charge in [0, 0.05) is 44.8 Å². The van der Waals surface area contributed by atoms with E-state index in [1.165, 1.54) is 24.0 Å². The number of hydrogen-bond donors (Lipinski definition) is 1. The van der Waals surface area contributed by atoms with Crippen LogP contribution in [-0.4, -0.2) is 55.5 Å². The Kier molecular flexibility index (Phi) is 6.27. The van der Waals surface area contributed by atoms with Gasteiger partial charge in [0.15, 0.2) is 0 Å². The van der Waals surface area contributed by atoms with Crippen LogP contribution in [-0.2, 0) is 4.79 Å². The Morgan fingerprint density at radius 2 is 2.00 bits per heavy atom. The molecule has 2 aliphatic rings. The number of benzene rings is 1. The summed E-state index contributed by atoms with van der Waals surface area (Å²) in [6, 6.07) is 11.2. The minimum absolute atomic E-state index is 0.0717. The molecule has 1 saturated carbocycles. The molecule has 4 nitrogen and oxygen atoms in total. The van der Waals surface area contributed by atoms with Gasteiger partial charge in [0.2, 0.25) is 5.91 Å². The summed E-state index contributed by atoms with van der Waals surface area (Å²) in [4.78, 5) is 16.9. The fourth-order valence-corrected chi connectivity index (χ4v) is 3.62. The monoisotopic (exact) mass is 341 g/mol. The van der Waals surface area contributed by atoms with Gasteiger partial charge < -0.3 is 10.2 Å². The van der Waals surface area contributed by atoms with Crippen molar-refractivity contribution in [1.29, 1.82) is 0 Å². The lowest BCUT2D eigenvalue weighted by molar-refractivity contribution is -0.116. The van der Waals surface area contributed by atoms with E-state index >= 15 is 0 Å². The lowest BCUT2D eigenvalue weighted by atomic mass is 10.0. The number of hydrogen-bond acceptors (Lipinski definition) is 3. The molecule has 1 aliphatic heterocycles. The fourth-order valence-electron chi connectivity index (χ4n) is 3.62. The van der Waals surface area contributed by atoms with Crippen LogP contribution >= 0.6 is 0 Å². The number of nitrogens with one attached hydrogen (secondary N) is 1. The number of amides is 1. The molecule has 0 radical (unpaired) electrons. The summed E-state index contributed by atoms with van der Waals surface area (Å²) in [6.07, 6.45) is 5.29. The molecule has 0 spiro atoms. The van der Waals surface area contributed by atoms with Gasteiger partial charge in [-0.3, -0.25) is 9.69 Å². The predicted molar refractivity (Wildman–Crippen MR) is 102 cm³/mol. The van der Waals surface area contributed by atoms with Crippen molar-refractivity contribution in [1.82, 2.24) is 15.1 Å². The summed E-state index contributed by atoms with van der Waals surface area (Å²) in [6.45, 7) is 7.12. The van der Waals surface area contributed by atoms with Crippen molar-refractivity contribution >= 4 is 5.91 Å². The van der Waals surface area contributed by atoms with E-state index in [-0.39, 0.29) is 5.91 Å². The molecule has 136 valence electrons. The van der Waals surface area contributed by atoms with Crippen LogP contribution in [0.4, 0.5) is 0 Å². The molecule has 0 aromatic heterocycles. The molecular formula is C21H31N3O. The molecule has 1 aliphatic carbocycles. The fraction of sp³-hybridized carbons (Fsp3) is 0.571. The standard InChI is InChI=1S/C21H31N3O/c1-17(18-9-10-18)15-21(25)22-11-6-12-24-14-13-23(2)16-20(24)19-7-4-3-5-8-19/h3-5,7-8,15,18,20H,6,9-14,16H2,1-2H3,(H,22,25). The van der Waals surface area contributed by atoms with E-state index in [0.717, 1.165) is 39.1 Å². The van der Waals surface area contributed by atoms with Gasteiger partial charge in [-0.2, -0.15) is 0 Å². The normalized spacial score (nSPS) is 22.8. The highest BCUT2D eigenvalue weighted by molar-refractivity contribution is 5.88. The van der Waals surface area contributed by atoms with Crippen molar-refractivity contribution in [2.24, 2.45) is 5.92 Å². The van der Waals surface area contributed by atoms with Crippen LogP contribution in [0.2, 0.25) is 0 Å². The second kappa shape index (κ2) is 8.63. The number of carbonyl (C=O) groups excluding carboxylic acids is 1. The lowest BCUT2D eigenvalue weighted by Crippen LogP contribution is -2.47. The third-order valence-electron chi connectivity index (χ3n) is 5.38. The number of carbonyl (C=O) groups is 1. The molecule has 1 aromatic rings. The lowest BCUT2D eigenvalue weighted by Gasteiger charge is -2.40. The van der Waals surface area contributed by atoms with E-state index in [9.17, 15) is 4.79 Å². The maximum atomic E-state index is 12.0. The quantitative estimate of drug-likeness (QED) is 0.612. The van der Waals surface area contributed by atoms with E-state index in [1.54, 1.807) is 6.08 Å². The molecule has 1 unspecified atom stereocenters. The van der Waals surface area contributed by atoms with E-state index in [4.69, 9.17) is 0 Å². The van der Waals surface area contributed by atoms with Crippen LogP contribution in [0.25, 0.3) is 0 Å². The molecule has 1 atom stereocenters. The van der Waals surface area contributed by atoms with Crippen molar-refractivity contribution in [2.75, 3.05) is 39.8 Å². The maximum Gasteiger partial charge on any atom is 0.243 e. The first-order valence-electron chi connectivity index (χ1n) is 9.57. The zero-order valence-electron chi connectivity index (χ0n) is 15.6. The van der Waals surface area contributed by atoms with Crippen molar-refractivity contribution in [3.05, 3.63) is 47.5 Å². The van der Waals surface area contributed by atoms with Gasteiger partial charge in [-0.15, -0.1) is 0 Å². The van der Waals surface area contributed by atoms with Crippen LogP contribution in [0.3, 0.4) is 0 Å². The number of rotatable bonds is 7. The highest BCUT2D eigenvalue weighted by atomic mass is 16.1. The van der Waals surface area contributed by atoms with Crippen molar-refractivity contribution in [3.8, 4) is 0 Å². The van der Waals surface area contributed by atoms with E-state index in [2.05, 4.69) is 59.4 Å². The Bertz CT molecular complexity index is 594. The summed E-state index contributed by atoms with van der Waals surface area (Å²) in [5, 5.41) is 3.05. The number of allylic oxidation sites excluding steroid dienone is 1. The molecule has 1 N–H and O–H groups in total. The largest absolute Gasteiger partial charge is 0.353 e. The second-order valence-electron chi connectivity index (χ2n) is 7.53. The molecule has 4 heteroatoms. The molecule has 1 saturated heterocycles. The average Bonchev–Trinajstić information content (AvgIpc) is 3.45. The van der Waals surface area contributed by atoms with Crippen LogP contribution < -0.4 is 5.32 Å². The molecule has 2 fully saturated rings. The molecular weight excluding hydrogens is 310 g/mol. The number of likely N-dealkylation sites (N-methyl/N-ethyl adjacent to an activating group) is 1. The molecule has 0 bridgehead atoms. The van der Waals surface area contributed by atoms with Gasteiger partial charge >= 0.3 is 0 Å². The van der Waals surface area contributed by atoms with Gasteiger partial charge in [-0.1, -0.05) is 35.9 Å². The van der Waals surface area contributed by atoms with Crippen LogP contribution in [0, 0.1) is 5.92 Å². The van der Waals surface area contributed by atoms with Crippen molar-refractivity contribution in [2.45, 2.75) is 32.2 Å². The second-order valence-corrected chi connectivity index (χ2v) is 7.53. The van der Waals surface area contributed by atoms with E-state index in [1.807, 2.05) is 0 Å². The van der Waals surface area contributed by atoms with E-state index < -0.39 is 0 Å². The molecule has 25 heavy (non-hydrogen) atoms. The van der Waals surface area contributed by atoms with Gasteiger partial charge in [-0.25, -0.2) is 0 Å². The Balaban J connectivity index is 1.46. The van der Waals surface area contributed by atoms with Crippen molar-refractivity contribution in [3.63, 3.8) is 0 Å². The average molecular weight is 341 g/mol. The first-order valence-corrected chi connectivity index (χ1v) is 9.57. The highest BCUT2D eigenvalue weighted by Gasteiger charge is 2.26. The van der Waals surface area contributed by atoms with Gasteiger partial charge in [-0.05, 0) is 44.7 Å². The Labute approximate surface area is 151 Å². The topological polar surface area (TPSA) is 35.6 Å². The first-order chi connectivity index (χ1) is 12.1. The zero-order chi connectivity index (χ0) is 17.6. The minimum Gasteiger partial charge on any atom is -0.353 e. The minimum atomic E-state index is 0.0717. The predicted octanol–water partition coefficient (Wildman–Crippen LogP) is 2.84. The summed E-state index contributed by atoms with van der Waals surface area (Å²) in [5.74, 6) is 0.741. The molecule has 1 amide bonds. The summed E-state index contributed by atoms with van der Waals surface area (Å²) >= 11 is 0. The van der Waals surface area contributed by atoms with Gasteiger partial charge in [0.25, 0.3) is 0 Å². The summed E-state index contributed by atoms with van der Waals surface area (Å²) in [7, 11) is 2.20. The van der Waals surface area contributed by atoms with E-state index in [0.29, 0.717) is 12.0 Å². The zero-order valence-corrected chi connectivity index (χ0v) is 15.6. The smallest absolute Gasteiger partial charge is 0.243 e. The third-order valence-corrected chi connectivity index (χ3v) is 5.38. The first kappa shape index (κ1) is 18.2. The van der Waals surface area contributed by atoms with Crippen LogP contribution in [0.5, 0.6) is 0 Å². The highest BCUT2D eigenvalue weighted by Crippen LogP contribution is 2.35. The Hall–Kier alpha value is -1.65. The van der Waals surface area contributed by atoms with Crippen LogP contribution in [0.1, 0.15) is 37.8 Å². The third kappa shape index (κ3) is 5.41. The Morgan fingerprint density at radius 3 is 2.72 bits per heavy atom. The summed E-state index contributed by atoms with van der Waals surface area (Å²) in [5.41, 5.74) is 2.63. The number of nitrogens with zero attached hydrogens (tertiary/aromatic N) is 2. The van der Waals surface area contributed by atoms with Crippen molar-refractivity contribution < 1.29 is 4.79 Å². The maximum absolute atomic E-state index is 12.0. The van der Waals surface area contributed by atoms with Crippen LogP contribution in [0.15, 0.2) is 42.0 Å².